The van der Waals surface area contributed by atoms with E-state index < -0.39 is 5.91 Å². The van der Waals surface area contributed by atoms with Gasteiger partial charge in [-0.2, -0.15) is 5.10 Å². The maximum absolute atomic E-state index is 11.4. The van der Waals surface area contributed by atoms with Gasteiger partial charge in [0.2, 0.25) is 0 Å². The summed E-state index contributed by atoms with van der Waals surface area (Å²) in [5.41, 5.74) is 10.8. The van der Waals surface area contributed by atoms with E-state index in [1.807, 2.05) is 32.0 Å². The Morgan fingerprint density at radius 2 is 1.87 bits per heavy atom. The van der Waals surface area contributed by atoms with Crippen LogP contribution < -0.4 is 5.73 Å². The molecule has 6 nitrogen and oxygen atoms in total. The first-order valence-electron chi connectivity index (χ1n) is 10.1. The molecule has 0 aliphatic rings. The van der Waals surface area contributed by atoms with Crippen molar-refractivity contribution in [2.45, 2.75) is 13.5 Å². The zero-order valence-corrected chi connectivity index (χ0v) is 18.0. The number of aryl methyl sites for hydroxylation is 1. The maximum Gasteiger partial charge on any atom is 0.269 e. The Morgan fingerprint density at radius 3 is 2.55 bits per heavy atom. The summed E-state index contributed by atoms with van der Waals surface area (Å²) in [6.45, 7) is 3.44. The van der Waals surface area contributed by atoms with Crippen molar-refractivity contribution >= 4 is 16.8 Å². The highest BCUT2D eigenvalue weighted by atomic mass is 16.1. The molecule has 0 fully saturated rings. The summed E-state index contributed by atoms with van der Waals surface area (Å²) in [4.78, 5) is 13.5. The Hall–Kier alpha value is -3.82. The molecule has 0 spiro atoms. The van der Waals surface area contributed by atoms with Gasteiger partial charge < -0.3 is 10.3 Å². The van der Waals surface area contributed by atoms with Crippen LogP contribution in [0.1, 0.15) is 27.3 Å². The average Bonchev–Trinajstić information content (AvgIpc) is 3.32. The molecule has 0 aliphatic carbocycles. The normalized spacial score (nSPS) is 11.0. The summed E-state index contributed by atoms with van der Waals surface area (Å²) in [5.74, 6) is 5.83. The molecule has 0 radical (unpaired) electrons. The van der Waals surface area contributed by atoms with Gasteiger partial charge in [0.15, 0.2) is 5.69 Å². The van der Waals surface area contributed by atoms with Crippen molar-refractivity contribution in [3.8, 4) is 17.5 Å². The van der Waals surface area contributed by atoms with E-state index in [-0.39, 0.29) is 5.69 Å². The molecule has 156 valence electrons. The van der Waals surface area contributed by atoms with Crippen LogP contribution in [0.5, 0.6) is 0 Å². The molecule has 6 heteroatoms. The third-order valence-corrected chi connectivity index (χ3v) is 5.07. The van der Waals surface area contributed by atoms with Gasteiger partial charge >= 0.3 is 0 Å². The Labute approximate surface area is 181 Å². The summed E-state index contributed by atoms with van der Waals surface area (Å²) < 4.78 is 3.96. The van der Waals surface area contributed by atoms with Crippen LogP contribution in [-0.2, 0) is 6.54 Å². The highest BCUT2D eigenvalue weighted by Crippen LogP contribution is 2.22. The van der Waals surface area contributed by atoms with Crippen molar-refractivity contribution < 1.29 is 4.79 Å². The molecule has 2 N–H and O–H groups in total. The number of aromatic nitrogens is 3. The van der Waals surface area contributed by atoms with Crippen LogP contribution in [0.4, 0.5) is 0 Å². The molecule has 4 rings (SSSR count). The number of nitrogens with two attached hydrogens (primary N) is 1. The Morgan fingerprint density at radius 1 is 1.10 bits per heavy atom. The Balaban J connectivity index is 1.55. The van der Waals surface area contributed by atoms with Crippen molar-refractivity contribution in [2.24, 2.45) is 5.73 Å². The third kappa shape index (κ3) is 4.52. The number of amides is 1. The second-order valence-corrected chi connectivity index (χ2v) is 7.87. The predicted molar refractivity (Wildman–Crippen MR) is 123 cm³/mol. The molecule has 4 aromatic rings. The van der Waals surface area contributed by atoms with Crippen LogP contribution in [0.2, 0.25) is 0 Å². The van der Waals surface area contributed by atoms with Crippen LogP contribution in [-0.4, -0.2) is 45.8 Å². The molecule has 0 unspecified atom stereocenters. The van der Waals surface area contributed by atoms with Gasteiger partial charge in [-0.3, -0.25) is 9.69 Å². The SMILES string of the molecule is Cc1cc(C(N)=O)nn1-c1ccc2c(ccn2Cc2ccc(C#CCN(C)C)cc2)c1. The van der Waals surface area contributed by atoms with E-state index in [1.165, 1.54) is 5.56 Å². The van der Waals surface area contributed by atoms with E-state index in [4.69, 9.17) is 5.73 Å². The smallest absolute Gasteiger partial charge is 0.269 e. The summed E-state index contributed by atoms with van der Waals surface area (Å²) in [6.07, 6.45) is 2.09. The van der Waals surface area contributed by atoms with Crippen LogP contribution >= 0.6 is 0 Å². The zero-order valence-electron chi connectivity index (χ0n) is 18.0. The standard InChI is InChI=1S/C25H25N5O/c1-18-15-23(25(26)31)27-30(18)22-10-11-24-21(16-22)12-14-29(24)17-20-8-6-19(7-9-20)5-4-13-28(2)3/h6-12,14-16H,13,17H2,1-3H3,(H2,26,31). The van der Waals surface area contributed by atoms with E-state index >= 15 is 0 Å². The van der Waals surface area contributed by atoms with Crippen LogP contribution in [0, 0.1) is 18.8 Å². The van der Waals surface area contributed by atoms with E-state index in [0.29, 0.717) is 0 Å². The van der Waals surface area contributed by atoms with Gasteiger partial charge in [-0.05, 0) is 69.0 Å². The van der Waals surface area contributed by atoms with Crippen LogP contribution in [0.25, 0.3) is 16.6 Å². The van der Waals surface area contributed by atoms with Crippen LogP contribution in [0.15, 0.2) is 60.8 Å². The lowest BCUT2D eigenvalue weighted by Gasteiger charge is -2.08. The molecule has 2 heterocycles. The van der Waals surface area contributed by atoms with Crippen molar-refractivity contribution in [3.05, 3.63) is 83.3 Å². The molecule has 31 heavy (non-hydrogen) atoms. The fourth-order valence-electron chi connectivity index (χ4n) is 3.50. The highest BCUT2D eigenvalue weighted by Gasteiger charge is 2.11. The topological polar surface area (TPSA) is 69.1 Å². The molecule has 2 aromatic heterocycles. The highest BCUT2D eigenvalue weighted by molar-refractivity contribution is 5.91. The molecule has 0 saturated carbocycles. The van der Waals surface area contributed by atoms with Crippen molar-refractivity contribution in [1.82, 2.24) is 19.2 Å². The molecule has 0 bridgehead atoms. The monoisotopic (exact) mass is 411 g/mol. The quantitative estimate of drug-likeness (QED) is 0.513. The first-order chi connectivity index (χ1) is 14.9. The fraction of sp³-hybridized carbons (Fsp3) is 0.200. The van der Waals surface area contributed by atoms with Gasteiger partial charge in [-0.1, -0.05) is 24.0 Å². The van der Waals surface area contributed by atoms with Gasteiger partial charge in [-0.15, -0.1) is 0 Å². The molecule has 2 aromatic carbocycles. The molecule has 1 amide bonds. The summed E-state index contributed by atoms with van der Waals surface area (Å²) >= 11 is 0. The zero-order chi connectivity index (χ0) is 22.0. The Kier molecular flexibility index (Phi) is 5.61. The van der Waals surface area contributed by atoms with Gasteiger partial charge in [0.05, 0.1) is 12.2 Å². The van der Waals surface area contributed by atoms with Gasteiger partial charge in [-0.25, -0.2) is 4.68 Å². The van der Waals surface area contributed by atoms with Crippen molar-refractivity contribution in [2.75, 3.05) is 20.6 Å². The number of nitrogens with zero attached hydrogens (tertiary/aromatic N) is 4. The first-order valence-corrected chi connectivity index (χ1v) is 10.1. The number of fused-ring (bicyclic) bond motifs is 1. The minimum absolute atomic E-state index is 0.269. The third-order valence-electron chi connectivity index (χ3n) is 5.07. The molecule has 0 atom stereocenters. The maximum atomic E-state index is 11.4. The lowest BCUT2D eigenvalue weighted by molar-refractivity contribution is 0.0995. The number of benzene rings is 2. The van der Waals surface area contributed by atoms with Gasteiger partial charge in [0.25, 0.3) is 5.91 Å². The van der Waals surface area contributed by atoms with Gasteiger partial charge in [0, 0.05) is 34.9 Å². The summed E-state index contributed by atoms with van der Waals surface area (Å²) in [6, 6.07) is 18.3. The number of hydrogen-bond donors (Lipinski definition) is 1. The Bertz CT molecular complexity index is 1300. The number of primary amides is 1. The van der Waals surface area contributed by atoms with E-state index in [1.54, 1.807) is 10.7 Å². The summed E-state index contributed by atoms with van der Waals surface area (Å²) in [7, 11) is 4.02. The molecular formula is C25H25N5O. The lowest BCUT2D eigenvalue weighted by Crippen LogP contribution is -2.12. The summed E-state index contributed by atoms with van der Waals surface area (Å²) in [5, 5.41) is 5.43. The molecule has 0 aliphatic heterocycles. The van der Waals surface area contributed by atoms with Crippen molar-refractivity contribution in [3.63, 3.8) is 0 Å². The second kappa shape index (κ2) is 8.50. The molecule has 0 saturated heterocycles. The number of hydrogen-bond acceptors (Lipinski definition) is 3. The fourth-order valence-corrected chi connectivity index (χ4v) is 3.50. The largest absolute Gasteiger partial charge is 0.364 e. The molecular weight excluding hydrogens is 386 g/mol. The number of carbonyl (C=O) groups excluding carboxylic acids is 1. The van der Waals surface area contributed by atoms with Crippen molar-refractivity contribution in [1.29, 1.82) is 0 Å². The minimum atomic E-state index is -0.524. The van der Waals surface area contributed by atoms with E-state index in [0.717, 1.165) is 40.9 Å². The first kappa shape index (κ1) is 20.5. The number of carbonyl (C=O) groups is 1. The average molecular weight is 412 g/mol. The lowest BCUT2D eigenvalue weighted by atomic mass is 10.1. The van der Waals surface area contributed by atoms with Crippen LogP contribution in [0.3, 0.4) is 0 Å². The predicted octanol–water partition coefficient (Wildman–Crippen LogP) is 3.20. The number of rotatable bonds is 5. The van der Waals surface area contributed by atoms with E-state index in [2.05, 4.69) is 70.2 Å². The minimum Gasteiger partial charge on any atom is -0.364 e. The van der Waals surface area contributed by atoms with E-state index in [9.17, 15) is 4.79 Å². The second-order valence-electron chi connectivity index (χ2n) is 7.87. The van der Waals surface area contributed by atoms with Gasteiger partial charge in [0.1, 0.15) is 0 Å².